The number of nitrogens with one attached hydrogen (secondary N) is 2. The first-order chi connectivity index (χ1) is 10.1. The van der Waals surface area contributed by atoms with Crippen LogP contribution in [0.3, 0.4) is 0 Å². The molecule has 1 aliphatic carbocycles. The molecule has 1 aliphatic heterocycles. The number of carbonyl (C=O) groups excluding carboxylic acids is 1. The van der Waals surface area contributed by atoms with E-state index in [0.717, 1.165) is 25.6 Å². The number of amides is 1. The quantitative estimate of drug-likeness (QED) is 0.858. The first-order valence-corrected chi connectivity index (χ1v) is 7.95. The van der Waals surface area contributed by atoms with Crippen LogP contribution in [0.2, 0.25) is 0 Å². The Labute approximate surface area is 126 Å². The van der Waals surface area contributed by atoms with Crippen LogP contribution in [0.15, 0.2) is 24.3 Å². The van der Waals surface area contributed by atoms with Crippen LogP contribution in [-0.4, -0.2) is 42.5 Å². The Morgan fingerprint density at radius 1 is 1.38 bits per heavy atom. The molecule has 1 fully saturated rings. The Morgan fingerprint density at radius 3 is 2.81 bits per heavy atom. The average Bonchev–Trinajstić information content (AvgIpc) is 3.35. The first-order valence-electron chi connectivity index (χ1n) is 7.95. The Balaban J connectivity index is 1.50. The lowest BCUT2D eigenvalue weighted by molar-refractivity contribution is -0.123. The first kappa shape index (κ1) is 14.5. The van der Waals surface area contributed by atoms with E-state index < -0.39 is 0 Å². The normalized spacial score (nSPS) is 22.7. The van der Waals surface area contributed by atoms with Crippen LogP contribution in [-0.2, 0) is 17.8 Å². The Bertz CT molecular complexity index is 513. The average molecular weight is 287 g/mol. The molecule has 1 amide bonds. The number of hydrogen-bond donors (Lipinski definition) is 2. The van der Waals surface area contributed by atoms with Gasteiger partial charge in [-0.15, -0.1) is 0 Å². The number of fused-ring (bicyclic) bond motifs is 1. The van der Waals surface area contributed by atoms with Gasteiger partial charge >= 0.3 is 0 Å². The fourth-order valence-corrected chi connectivity index (χ4v) is 3.00. The standard InChI is InChI=1S/C17H25N3O/c1-12(20(2)15-7-8-15)10-19-17(21)16-9-13-5-3-4-6-14(13)11-18-16/h3-6,12,15-16,18H,7-11H2,1-2H3,(H,19,21)/t12?,16-/m1/s1. The molecule has 1 aromatic rings. The van der Waals surface area contributed by atoms with Gasteiger partial charge in [-0.1, -0.05) is 24.3 Å². The second-order valence-electron chi connectivity index (χ2n) is 6.40. The fourth-order valence-electron chi connectivity index (χ4n) is 3.00. The highest BCUT2D eigenvalue weighted by Crippen LogP contribution is 2.26. The maximum absolute atomic E-state index is 12.3. The third-order valence-electron chi connectivity index (χ3n) is 4.79. The zero-order valence-corrected chi connectivity index (χ0v) is 12.9. The molecule has 1 heterocycles. The number of hydrogen-bond acceptors (Lipinski definition) is 3. The van der Waals surface area contributed by atoms with Crippen molar-refractivity contribution in [2.24, 2.45) is 0 Å². The molecule has 1 unspecified atom stereocenters. The van der Waals surface area contributed by atoms with Crippen LogP contribution in [0.5, 0.6) is 0 Å². The molecule has 1 aromatic carbocycles. The largest absolute Gasteiger partial charge is 0.353 e. The Hall–Kier alpha value is -1.39. The van der Waals surface area contributed by atoms with Gasteiger partial charge in [-0.05, 0) is 44.4 Å². The van der Waals surface area contributed by atoms with Crippen molar-refractivity contribution in [2.45, 2.75) is 50.9 Å². The molecule has 21 heavy (non-hydrogen) atoms. The van der Waals surface area contributed by atoms with Gasteiger partial charge in [0.05, 0.1) is 6.04 Å². The van der Waals surface area contributed by atoms with E-state index in [0.29, 0.717) is 6.04 Å². The number of likely N-dealkylation sites (N-methyl/N-ethyl adjacent to an activating group) is 1. The van der Waals surface area contributed by atoms with E-state index >= 15 is 0 Å². The smallest absolute Gasteiger partial charge is 0.237 e. The van der Waals surface area contributed by atoms with Crippen molar-refractivity contribution in [1.29, 1.82) is 0 Å². The molecule has 4 heteroatoms. The van der Waals surface area contributed by atoms with Crippen molar-refractivity contribution in [3.8, 4) is 0 Å². The number of carbonyl (C=O) groups is 1. The van der Waals surface area contributed by atoms with Gasteiger partial charge in [-0.2, -0.15) is 0 Å². The minimum atomic E-state index is -0.0988. The van der Waals surface area contributed by atoms with Crippen molar-refractivity contribution in [2.75, 3.05) is 13.6 Å². The van der Waals surface area contributed by atoms with E-state index in [2.05, 4.69) is 47.7 Å². The van der Waals surface area contributed by atoms with Crippen LogP contribution in [0, 0.1) is 0 Å². The summed E-state index contributed by atoms with van der Waals surface area (Å²) in [6.45, 7) is 3.69. The second kappa shape index (κ2) is 6.16. The molecule has 4 nitrogen and oxygen atoms in total. The summed E-state index contributed by atoms with van der Waals surface area (Å²) < 4.78 is 0. The summed E-state index contributed by atoms with van der Waals surface area (Å²) in [7, 11) is 2.16. The maximum atomic E-state index is 12.3. The van der Waals surface area contributed by atoms with Crippen molar-refractivity contribution < 1.29 is 4.79 Å². The number of rotatable bonds is 5. The van der Waals surface area contributed by atoms with Gasteiger partial charge in [0, 0.05) is 25.2 Å². The van der Waals surface area contributed by atoms with Gasteiger partial charge in [0.1, 0.15) is 0 Å². The molecule has 2 aliphatic rings. The van der Waals surface area contributed by atoms with E-state index in [1.165, 1.54) is 24.0 Å². The molecular formula is C17H25N3O. The molecule has 2 atom stereocenters. The van der Waals surface area contributed by atoms with Crippen molar-refractivity contribution in [1.82, 2.24) is 15.5 Å². The molecule has 114 valence electrons. The summed E-state index contributed by atoms with van der Waals surface area (Å²) >= 11 is 0. The SMILES string of the molecule is CC(CNC(=O)[C@H]1Cc2ccccc2CN1)N(C)C1CC1. The van der Waals surface area contributed by atoms with E-state index in [1.54, 1.807) is 0 Å². The zero-order chi connectivity index (χ0) is 14.8. The van der Waals surface area contributed by atoms with Crippen LogP contribution in [0.25, 0.3) is 0 Å². The molecule has 3 rings (SSSR count). The van der Waals surface area contributed by atoms with Crippen LogP contribution in [0.1, 0.15) is 30.9 Å². The third kappa shape index (κ3) is 3.44. The van der Waals surface area contributed by atoms with E-state index in [-0.39, 0.29) is 11.9 Å². The summed E-state index contributed by atoms with van der Waals surface area (Å²) in [4.78, 5) is 14.7. The highest BCUT2D eigenvalue weighted by molar-refractivity contribution is 5.82. The topological polar surface area (TPSA) is 44.4 Å². The highest BCUT2D eigenvalue weighted by Gasteiger charge is 2.30. The summed E-state index contributed by atoms with van der Waals surface area (Å²) in [5.74, 6) is 0.126. The lowest BCUT2D eigenvalue weighted by Gasteiger charge is -2.28. The van der Waals surface area contributed by atoms with Gasteiger partial charge in [-0.3, -0.25) is 9.69 Å². The molecule has 0 bridgehead atoms. The Kier molecular flexibility index (Phi) is 4.27. The molecule has 0 radical (unpaired) electrons. The van der Waals surface area contributed by atoms with Gasteiger partial charge in [0.2, 0.25) is 5.91 Å². The lowest BCUT2D eigenvalue weighted by Crippen LogP contribution is -2.50. The zero-order valence-electron chi connectivity index (χ0n) is 12.9. The molecule has 2 N–H and O–H groups in total. The summed E-state index contributed by atoms with van der Waals surface area (Å²) in [6.07, 6.45) is 3.39. The minimum absolute atomic E-state index is 0.0988. The molecule has 0 saturated heterocycles. The maximum Gasteiger partial charge on any atom is 0.237 e. The van der Waals surface area contributed by atoms with Crippen molar-refractivity contribution in [3.05, 3.63) is 35.4 Å². The van der Waals surface area contributed by atoms with E-state index in [9.17, 15) is 4.79 Å². The Morgan fingerprint density at radius 2 is 2.10 bits per heavy atom. The number of nitrogens with zero attached hydrogens (tertiary/aromatic N) is 1. The summed E-state index contributed by atoms with van der Waals surface area (Å²) in [5, 5.41) is 6.44. The van der Waals surface area contributed by atoms with Gasteiger partial charge in [-0.25, -0.2) is 0 Å². The third-order valence-corrected chi connectivity index (χ3v) is 4.79. The summed E-state index contributed by atoms with van der Waals surface area (Å²) in [6, 6.07) is 9.39. The number of benzene rings is 1. The fraction of sp³-hybridized carbons (Fsp3) is 0.588. The second-order valence-corrected chi connectivity index (χ2v) is 6.40. The summed E-state index contributed by atoms with van der Waals surface area (Å²) in [5.41, 5.74) is 2.60. The van der Waals surface area contributed by atoms with E-state index in [1.807, 2.05) is 6.07 Å². The predicted octanol–water partition coefficient (Wildman–Crippen LogP) is 1.30. The lowest BCUT2D eigenvalue weighted by atomic mass is 9.95. The molecule has 0 spiro atoms. The molecule has 0 aromatic heterocycles. The van der Waals surface area contributed by atoms with Crippen LogP contribution < -0.4 is 10.6 Å². The minimum Gasteiger partial charge on any atom is -0.353 e. The molecular weight excluding hydrogens is 262 g/mol. The predicted molar refractivity (Wildman–Crippen MR) is 84.0 cm³/mol. The molecule has 1 saturated carbocycles. The highest BCUT2D eigenvalue weighted by atomic mass is 16.2. The monoisotopic (exact) mass is 287 g/mol. The van der Waals surface area contributed by atoms with Gasteiger partial charge in [0.15, 0.2) is 0 Å². The van der Waals surface area contributed by atoms with Crippen LogP contribution in [0.4, 0.5) is 0 Å². The van der Waals surface area contributed by atoms with E-state index in [4.69, 9.17) is 0 Å². The van der Waals surface area contributed by atoms with Crippen LogP contribution >= 0.6 is 0 Å². The van der Waals surface area contributed by atoms with Crippen molar-refractivity contribution in [3.63, 3.8) is 0 Å². The van der Waals surface area contributed by atoms with Crippen molar-refractivity contribution >= 4 is 5.91 Å². The van der Waals surface area contributed by atoms with Gasteiger partial charge < -0.3 is 10.6 Å². The van der Waals surface area contributed by atoms with Gasteiger partial charge in [0.25, 0.3) is 0 Å².